The Balaban J connectivity index is 2.41. The van der Waals surface area contributed by atoms with E-state index in [-0.39, 0.29) is 25.4 Å². The minimum Gasteiger partial charge on any atom is -0.481 e. The van der Waals surface area contributed by atoms with E-state index in [0.29, 0.717) is 0 Å². The minimum atomic E-state index is -0.902. The molecule has 0 aromatic heterocycles. The van der Waals surface area contributed by atoms with Gasteiger partial charge in [-0.05, 0) is 18.3 Å². The van der Waals surface area contributed by atoms with Crippen LogP contribution < -0.4 is 5.32 Å². The molecule has 1 amide bonds. The average molecular weight is 229 g/mol. The van der Waals surface area contributed by atoms with Gasteiger partial charge in [0.2, 0.25) is 5.91 Å². The lowest BCUT2D eigenvalue weighted by molar-refractivity contribution is -0.139. The highest BCUT2D eigenvalue weighted by molar-refractivity contribution is 5.79. The van der Waals surface area contributed by atoms with Crippen molar-refractivity contribution in [3.05, 3.63) is 0 Å². The van der Waals surface area contributed by atoms with Crippen LogP contribution in [0.15, 0.2) is 0 Å². The molecule has 1 rings (SSSR count). The SMILES string of the molecule is CC(C)(CC(=O)O)CC(=O)NC1(CO)CC1. The van der Waals surface area contributed by atoms with Crippen molar-refractivity contribution in [3.63, 3.8) is 0 Å². The van der Waals surface area contributed by atoms with Gasteiger partial charge in [-0.15, -0.1) is 0 Å². The molecule has 0 spiro atoms. The Morgan fingerprint density at radius 3 is 2.25 bits per heavy atom. The van der Waals surface area contributed by atoms with Crippen molar-refractivity contribution >= 4 is 11.9 Å². The predicted octanol–water partition coefficient (Wildman–Crippen LogP) is 0.518. The number of carboxylic acid groups (broad SMARTS) is 1. The van der Waals surface area contributed by atoms with Gasteiger partial charge in [-0.3, -0.25) is 9.59 Å². The number of carbonyl (C=O) groups is 2. The number of aliphatic hydroxyl groups excluding tert-OH is 1. The lowest BCUT2D eigenvalue weighted by atomic mass is 9.85. The number of aliphatic carboxylic acids is 1. The quantitative estimate of drug-likeness (QED) is 0.619. The van der Waals surface area contributed by atoms with Gasteiger partial charge in [0.25, 0.3) is 0 Å². The fourth-order valence-corrected chi connectivity index (χ4v) is 1.72. The smallest absolute Gasteiger partial charge is 0.303 e. The Hall–Kier alpha value is -1.10. The Bertz CT molecular complexity index is 294. The molecule has 0 saturated heterocycles. The summed E-state index contributed by atoms with van der Waals surface area (Å²) in [5.41, 5.74) is -0.974. The molecule has 1 aliphatic carbocycles. The highest BCUT2D eigenvalue weighted by Gasteiger charge is 2.43. The van der Waals surface area contributed by atoms with Crippen LogP contribution in [0.25, 0.3) is 0 Å². The zero-order chi connectivity index (χ0) is 12.4. The summed E-state index contributed by atoms with van der Waals surface area (Å²) in [7, 11) is 0. The molecule has 0 aromatic rings. The molecule has 1 fully saturated rings. The zero-order valence-electron chi connectivity index (χ0n) is 9.75. The Morgan fingerprint density at radius 1 is 1.31 bits per heavy atom. The summed E-state index contributed by atoms with van der Waals surface area (Å²) in [5, 5.41) is 20.5. The average Bonchev–Trinajstić information content (AvgIpc) is 2.81. The number of rotatable bonds is 6. The molecule has 0 aliphatic heterocycles. The van der Waals surface area contributed by atoms with Crippen molar-refractivity contribution in [2.24, 2.45) is 5.41 Å². The molecule has 0 bridgehead atoms. The first-order chi connectivity index (χ1) is 7.29. The van der Waals surface area contributed by atoms with Gasteiger partial charge in [0.1, 0.15) is 0 Å². The highest BCUT2D eigenvalue weighted by atomic mass is 16.4. The molecular weight excluding hydrogens is 210 g/mol. The maximum absolute atomic E-state index is 11.6. The lowest BCUT2D eigenvalue weighted by Crippen LogP contribution is -2.41. The van der Waals surface area contributed by atoms with E-state index in [9.17, 15) is 9.59 Å². The molecule has 0 radical (unpaired) electrons. The van der Waals surface area contributed by atoms with Crippen molar-refractivity contribution in [2.45, 2.75) is 45.1 Å². The van der Waals surface area contributed by atoms with Crippen LogP contribution in [0.4, 0.5) is 0 Å². The largest absolute Gasteiger partial charge is 0.481 e. The summed E-state index contributed by atoms with van der Waals surface area (Å²) < 4.78 is 0. The second-order valence-electron chi connectivity index (χ2n) is 5.40. The minimum absolute atomic E-state index is 0.0352. The Kier molecular flexibility index (Phi) is 3.57. The van der Waals surface area contributed by atoms with E-state index in [4.69, 9.17) is 10.2 Å². The lowest BCUT2D eigenvalue weighted by Gasteiger charge is -2.23. The summed E-state index contributed by atoms with van der Waals surface area (Å²) in [5.74, 6) is -1.08. The molecule has 92 valence electrons. The molecule has 5 nitrogen and oxygen atoms in total. The molecule has 1 saturated carbocycles. The van der Waals surface area contributed by atoms with Crippen LogP contribution >= 0.6 is 0 Å². The molecule has 0 heterocycles. The highest BCUT2D eigenvalue weighted by Crippen LogP contribution is 2.35. The molecule has 0 aromatic carbocycles. The molecule has 16 heavy (non-hydrogen) atoms. The van der Waals surface area contributed by atoms with Gasteiger partial charge >= 0.3 is 5.97 Å². The van der Waals surface area contributed by atoms with Gasteiger partial charge in [0.05, 0.1) is 18.6 Å². The van der Waals surface area contributed by atoms with E-state index >= 15 is 0 Å². The maximum Gasteiger partial charge on any atom is 0.303 e. The summed E-state index contributed by atoms with van der Waals surface area (Å²) in [6, 6.07) is 0. The standard InChI is InChI=1S/C11H19NO4/c1-10(2,6-9(15)16)5-8(14)12-11(7-13)3-4-11/h13H,3-7H2,1-2H3,(H,12,14)(H,15,16). The van der Waals surface area contributed by atoms with Crippen LogP contribution in [0.5, 0.6) is 0 Å². The third-order valence-corrected chi connectivity index (χ3v) is 2.83. The van der Waals surface area contributed by atoms with Crippen LogP contribution in [0.2, 0.25) is 0 Å². The number of aliphatic hydroxyl groups is 1. The van der Waals surface area contributed by atoms with Crippen molar-refractivity contribution in [1.82, 2.24) is 5.32 Å². The molecule has 0 atom stereocenters. The Labute approximate surface area is 94.8 Å². The van der Waals surface area contributed by atoms with Crippen LogP contribution in [0.3, 0.4) is 0 Å². The second kappa shape index (κ2) is 4.41. The topological polar surface area (TPSA) is 86.6 Å². The Morgan fingerprint density at radius 2 is 1.88 bits per heavy atom. The van der Waals surface area contributed by atoms with Crippen LogP contribution in [-0.2, 0) is 9.59 Å². The number of amides is 1. The van der Waals surface area contributed by atoms with E-state index in [1.165, 1.54) is 0 Å². The maximum atomic E-state index is 11.6. The monoisotopic (exact) mass is 229 g/mol. The van der Waals surface area contributed by atoms with Crippen molar-refractivity contribution in [3.8, 4) is 0 Å². The number of nitrogens with one attached hydrogen (secondary N) is 1. The molecule has 3 N–H and O–H groups in total. The van der Waals surface area contributed by atoms with Gasteiger partial charge in [-0.2, -0.15) is 0 Å². The van der Waals surface area contributed by atoms with Gasteiger partial charge in [0, 0.05) is 6.42 Å². The van der Waals surface area contributed by atoms with Gasteiger partial charge in [0.15, 0.2) is 0 Å². The molecule has 5 heteroatoms. The van der Waals surface area contributed by atoms with Crippen LogP contribution in [0, 0.1) is 5.41 Å². The molecular formula is C11H19NO4. The van der Waals surface area contributed by atoms with Gasteiger partial charge < -0.3 is 15.5 Å². The fourth-order valence-electron chi connectivity index (χ4n) is 1.72. The first kappa shape index (κ1) is 13.0. The number of hydrogen-bond acceptors (Lipinski definition) is 3. The summed E-state index contributed by atoms with van der Waals surface area (Å²) in [4.78, 5) is 22.2. The molecule has 1 aliphatic rings. The number of carbonyl (C=O) groups excluding carboxylic acids is 1. The third-order valence-electron chi connectivity index (χ3n) is 2.83. The first-order valence-electron chi connectivity index (χ1n) is 5.42. The third kappa shape index (κ3) is 3.81. The van der Waals surface area contributed by atoms with Crippen molar-refractivity contribution < 1.29 is 19.8 Å². The van der Waals surface area contributed by atoms with Gasteiger partial charge in [-0.1, -0.05) is 13.8 Å². The van der Waals surface area contributed by atoms with Crippen molar-refractivity contribution in [2.75, 3.05) is 6.61 Å². The number of carboxylic acids is 1. The van der Waals surface area contributed by atoms with E-state index in [1.807, 2.05) is 0 Å². The van der Waals surface area contributed by atoms with E-state index in [2.05, 4.69) is 5.32 Å². The second-order valence-corrected chi connectivity index (χ2v) is 5.40. The van der Waals surface area contributed by atoms with Crippen LogP contribution in [0.1, 0.15) is 39.5 Å². The predicted molar refractivity (Wildman–Crippen MR) is 57.8 cm³/mol. The van der Waals surface area contributed by atoms with Gasteiger partial charge in [-0.25, -0.2) is 0 Å². The van der Waals surface area contributed by atoms with E-state index in [1.54, 1.807) is 13.8 Å². The summed E-state index contributed by atoms with van der Waals surface area (Å²) in [6.07, 6.45) is 1.73. The molecule has 0 unspecified atom stereocenters. The summed E-state index contributed by atoms with van der Waals surface area (Å²) in [6.45, 7) is 3.45. The summed E-state index contributed by atoms with van der Waals surface area (Å²) >= 11 is 0. The normalized spacial score (nSPS) is 17.9. The van der Waals surface area contributed by atoms with E-state index in [0.717, 1.165) is 12.8 Å². The zero-order valence-corrected chi connectivity index (χ0v) is 9.75. The van der Waals surface area contributed by atoms with Crippen molar-refractivity contribution in [1.29, 1.82) is 0 Å². The number of hydrogen-bond donors (Lipinski definition) is 3. The first-order valence-corrected chi connectivity index (χ1v) is 5.42. The van der Waals surface area contributed by atoms with E-state index < -0.39 is 16.9 Å². The fraction of sp³-hybridized carbons (Fsp3) is 0.818. The van der Waals surface area contributed by atoms with Crippen LogP contribution in [-0.4, -0.2) is 34.2 Å².